The number of nitrogens with zero attached hydrogens (tertiary/aromatic N) is 2. The minimum Gasteiger partial charge on any atom is -0.493 e. The molecule has 0 saturated carbocycles. The number of ether oxygens (including phenoxy) is 3. The zero-order chi connectivity index (χ0) is 22.3. The van der Waals surface area contributed by atoms with Gasteiger partial charge in [-0.05, 0) is 67.1 Å². The van der Waals surface area contributed by atoms with Gasteiger partial charge in [-0.2, -0.15) is 0 Å². The van der Waals surface area contributed by atoms with Gasteiger partial charge in [-0.15, -0.1) is 0 Å². The molecule has 1 atom stereocenters. The van der Waals surface area contributed by atoms with Gasteiger partial charge in [0.1, 0.15) is 12.4 Å². The fourth-order valence-electron chi connectivity index (χ4n) is 4.83. The molecular weight excluding hydrogens is 404 g/mol. The summed E-state index contributed by atoms with van der Waals surface area (Å²) >= 11 is 0. The third-order valence-corrected chi connectivity index (χ3v) is 6.55. The molecule has 32 heavy (non-hydrogen) atoms. The van der Waals surface area contributed by atoms with Crippen molar-refractivity contribution in [2.45, 2.75) is 25.7 Å². The summed E-state index contributed by atoms with van der Waals surface area (Å²) in [5.74, 6) is 3.06. The van der Waals surface area contributed by atoms with Crippen LogP contribution in [0.5, 0.6) is 17.2 Å². The van der Waals surface area contributed by atoms with Crippen molar-refractivity contribution in [1.29, 1.82) is 0 Å². The van der Waals surface area contributed by atoms with Gasteiger partial charge >= 0.3 is 0 Å². The number of para-hydroxylation sites is 1. The third kappa shape index (κ3) is 5.54. The molecule has 0 N–H and O–H groups in total. The first-order valence-electron chi connectivity index (χ1n) is 11.6. The second kappa shape index (κ2) is 10.7. The lowest BCUT2D eigenvalue weighted by atomic mass is 9.97. The number of fused-ring (bicyclic) bond motifs is 1. The molecule has 0 radical (unpaired) electrons. The highest BCUT2D eigenvalue weighted by Gasteiger charge is 2.27. The molecule has 0 aromatic heterocycles. The van der Waals surface area contributed by atoms with Gasteiger partial charge in [0.2, 0.25) is 5.91 Å². The fourth-order valence-corrected chi connectivity index (χ4v) is 4.83. The lowest BCUT2D eigenvalue weighted by Crippen LogP contribution is -2.44. The van der Waals surface area contributed by atoms with Crippen LogP contribution in [0.1, 0.15) is 24.0 Å². The summed E-state index contributed by atoms with van der Waals surface area (Å²) in [5, 5.41) is 0. The molecular formula is C26H34N2O4. The molecule has 2 aromatic carbocycles. The van der Waals surface area contributed by atoms with E-state index in [-0.39, 0.29) is 5.91 Å². The van der Waals surface area contributed by atoms with Crippen LogP contribution in [0.2, 0.25) is 0 Å². The second-order valence-electron chi connectivity index (χ2n) is 8.71. The first-order chi connectivity index (χ1) is 15.7. The normalized spacial score (nSPS) is 19.2. The van der Waals surface area contributed by atoms with E-state index in [1.54, 1.807) is 14.2 Å². The number of carbonyl (C=O) groups is 1. The van der Waals surface area contributed by atoms with E-state index in [9.17, 15) is 4.79 Å². The summed E-state index contributed by atoms with van der Waals surface area (Å²) in [7, 11) is 3.28. The van der Waals surface area contributed by atoms with Crippen LogP contribution in [0.25, 0.3) is 0 Å². The molecule has 0 spiro atoms. The van der Waals surface area contributed by atoms with Gasteiger partial charge < -0.3 is 19.1 Å². The number of hydrogen-bond acceptors (Lipinski definition) is 5. The van der Waals surface area contributed by atoms with Gasteiger partial charge in [-0.3, -0.25) is 9.69 Å². The standard InChI is InChI=1S/C26H34N2O4/c1-30-24-15-21-10-12-28(26(29)17-22(21)16-25(24)31-2)19-20-7-6-11-27(18-20)13-14-32-23-8-4-3-5-9-23/h3-5,8-9,15-16,20H,6-7,10-14,17-19H2,1-2H3. The van der Waals surface area contributed by atoms with Crippen molar-refractivity contribution in [2.24, 2.45) is 5.92 Å². The Kier molecular flexibility index (Phi) is 7.53. The van der Waals surface area contributed by atoms with Crippen molar-refractivity contribution >= 4 is 5.91 Å². The van der Waals surface area contributed by atoms with Crippen LogP contribution >= 0.6 is 0 Å². The summed E-state index contributed by atoms with van der Waals surface area (Å²) in [6, 6.07) is 14.0. The van der Waals surface area contributed by atoms with Crippen LogP contribution in [0.4, 0.5) is 0 Å². The van der Waals surface area contributed by atoms with Crippen LogP contribution in [-0.2, 0) is 17.6 Å². The summed E-state index contributed by atoms with van der Waals surface area (Å²) < 4.78 is 16.8. The first kappa shape index (κ1) is 22.5. The van der Waals surface area contributed by atoms with Crippen molar-refractivity contribution in [1.82, 2.24) is 9.80 Å². The lowest BCUT2D eigenvalue weighted by molar-refractivity contribution is -0.131. The average Bonchev–Trinajstić information content (AvgIpc) is 2.97. The van der Waals surface area contributed by atoms with E-state index in [1.165, 1.54) is 18.4 Å². The summed E-state index contributed by atoms with van der Waals surface area (Å²) in [6.07, 6.45) is 3.63. The Bertz CT molecular complexity index is 902. The van der Waals surface area contributed by atoms with Gasteiger partial charge in [-0.25, -0.2) is 0 Å². The Balaban J connectivity index is 1.31. The van der Waals surface area contributed by atoms with E-state index in [1.807, 2.05) is 42.5 Å². The van der Waals surface area contributed by atoms with Crippen LogP contribution in [0.3, 0.4) is 0 Å². The topological polar surface area (TPSA) is 51.2 Å². The summed E-state index contributed by atoms with van der Waals surface area (Å²) in [6.45, 7) is 5.33. The Labute approximate surface area is 191 Å². The number of hydrogen-bond donors (Lipinski definition) is 0. The molecule has 172 valence electrons. The quantitative estimate of drug-likeness (QED) is 0.632. The predicted molar refractivity (Wildman–Crippen MR) is 125 cm³/mol. The maximum atomic E-state index is 13.0. The fraction of sp³-hybridized carbons (Fsp3) is 0.500. The van der Waals surface area contributed by atoms with Gasteiger partial charge in [0.15, 0.2) is 11.5 Å². The molecule has 1 fully saturated rings. The van der Waals surface area contributed by atoms with Crippen molar-refractivity contribution in [3.05, 3.63) is 53.6 Å². The van der Waals surface area contributed by atoms with E-state index in [0.29, 0.717) is 24.7 Å². The molecule has 2 aromatic rings. The highest BCUT2D eigenvalue weighted by atomic mass is 16.5. The molecule has 0 aliphatic carbocycles. The minimum absolute atomic E-state index is 0.209. The van der Waals surface area contributed by atoms with E-state index in [2.05, 4.69) is 9.80 Å². The minimum atomic E-state index is 0.209. The number of benzene rings is 2. The van der Waals surface area contributed by atoms with Gasteiger partial charge in [0.05, 0.1) is 20.6 Å². The zero-order valence-corrected chi connectivity index (χ0v) is 19.2. The molecule has 1 saturated heterocycles. The van der Waals surface area contributed by atoms with E-state index in [4.69, 9.17) is 14.2 Å². The number of amides is 1. The molecule has 1 amide bonds. The van der Waals surface area contributed by atoms with Gasteiger partial charge in [0, 0.05) is 26.2 Å². The number of likely N-dealkylation sites (tertiary alicyclic amines) is 1. The Morgan fingerprint density at radius 3 is 2.50 bits per heavy atom. The van der Waals surface area contributed by atoms with Gasteiger partial charge in [0.25, 0.3) is 0 Å². The Hall–Kier alpha value is -2.73. The maximum Gasteiger partial charge on any atom is 0.227 e. The van der Waals surface area contributed by atoms with Crippen LogP contribution in [0.15, 0.2) is 42.5 Å². The summed E-state index contributed by atoms with van der Waals surface area (Å²) in [5.41, 5.74) is 2.24. The van der Waals surface area contributed by atoms with Gasteiger partial charge in [-0.1, -0.05) is 18.2 Å². The third-order valence-electron chi connectivity index (χ3n) is 6.55. The highest BCUT2D eigenvalue weighted by molar-refractivity contribution is 5.80. The molecule has 2 aliphatic heterocycles. The number of piperidine rings is 1. The van der Waals surface area contributed by atoms with Crippen molar-refractivity contribution < 1.29 is 19.0 Å². The smallest absolute Gasteiger partial charge is 0.227 e. The molecule has 2 heterocycles. The molecule has 6 nitrogen and oxygen atoms in total. The van der Waals surface area contributed by atoms with Crippen LogP contribution in [-0.4, -0.2) is 69.3 Å². The van der Waals surface area contributed by atoms with Crippen molar-refractivity contribution in [3.63, 3.8) is 0 Å². The molecule has 6 heteroatoms. The van der Waals surface area contributed by atoms with Crippen molar-refractivity contribution in [3.8, 4) is 17.2 Å². The van der Waals surface area contributed by atoms with E-state index in [0.717, 1.165) is 56.2 Å². The largest absolute Gasteiger partial charge is 0.493 e. The highest BCUT2D eigenvalue weighted by Crippen LogP contribution is 2.32. The van der Waals surface area contributed by atoms with Crippen molar-refractivity contribution in [2.75, 3.05) is 53.6 Å². The molecule has 2 aliphatic rings. The predicted octanol–water partition coefficient (Wildman–Crippen LogP) is 3.42. The second-order valence-corrected chi connectivity index (χ2v) is 8.71. The SMILES string of the molecule is COc1cc2c(cc1OC)CC(=O)N(CC1CCCN(CCOc3ccccc3)C1)CC2. The zero-order valence-electron chi connectivity index (χ0n) is 19.2. The number of methoxy groups -OCH3 is 2. The number of rotatable bonds is 8. The van der Waals surface area contributed by atoms with E-state index >= 15 is 0 Å². The maximum absolute atomic E-state index is 13.0. The lowest BCUT2D eigenvalue weighted by Gasteiger charge is -2.35. The summed E-state index contributed by atoms with van der Waals surface area (Å²) in [4.78, 5) is 17.6. The van der Waals surface area contributed by atoms with Crippen LogP contribution in [0, 0.1) is 5.92 Å². The van der Waals surface area contributed by atoms with Crippen LogP contribution < -0.4 is 14.2 Å². The Morgan fingerprint density at radius 2 is 1.75 bits per heavy atom. The monoisotopic (exact) mass is 438 g/mol. The molecule has 1 unspecified atom stereocenters. The van der Waals surface area contributed by atoms with E-state index < -0.39 is 0 Å². The molecule has 4 rings (SSSR count). The molecule has 0 bridgehead atoms. The number of carbonyl (C=O) groups excluding carboxylic acids is 1. The first-order valence-corrected chi connectivity index (χ1v) is 11.6. The Morgan fingerprint density at radius 1 is 1.00 bits per heavy atom. The average molecular weight is 439 g/mol.